The van der Waals surface area contributed by atoms with E-state index in [2.05, 4.69) is 30.5 Å². The molecule has 1 aliphatic carbocycles. The van der Waals surface area contributed by atoms with Crippen molar-refractivity contribution < 1.29 is 0 Å². The number of thioether (sulfide) groups is 1. The maximum absolute atomic E-state index is 6.38. The molecule has 3 atom stereocenters. The Kier molecular flexibility index (Phi) is 5.84. The maximum Gasteiger partial charge on any atom is 0.0170 e. The highest BCUT2D eigenvalue weighted by atomic mass is 32.2. The molecule has 0 aromatic carbocycles. The third-order valence-electron chi connectivity index (χ3n) is 4.35. The molecule has 2 rings (SSSR count). The molecule has 1 aliphatic heterocycles. The topological polar surface area (TPSA) is 29.3 Å². The van der Waals surface area contributed by atoms with Crippen molar-refractivity contribution >= 4 is 11.8 Å². The minimum Gasteiger partial charge on any atom is -0.327 e. The van der Waals surface area contributed by atoms with Gasteiger partial charge in [-0.15, -0.1) is 0 Å². The Bertz CT molecular complexity index is 231. The van der Waals surface area contributed by atoms with Gasteiger partial charge in [0.05, 0.1) is 0 Å². The third-order valence-corrected chi connectivity index (χ3v) is 5.58. The third kappa shape index (κ3) is 4.75. The fourth-order valence-corrected chi connectivity index (χ4v) is 5.08. The highest BCUT2D eigenvalue weighted by Gasteiger charge is 2.24. The van der Waals surface area contributed by atoms with Crippen LogP contribution in [0.3, 0.4) is 0 Å². The monoisotopic (exact) mass is 270 g/mol. The fraction of sp³-hybridized carbons (Fsp3) is 1.00. The van der Waals surface area contributed by atoms with Crippen molar-refractivity contribution in [2.24, 2.45) is 11.7 Å². The molecule has 0 spiro atoms. The lowest BCUT2D eigenvalue weighted by atomic mass is 9.85. The standard InChI is InChI=1S/C15H30N2S/c1-12-9-17(10-13(2)18-12)11-15(16)8-14-6-4-3-5-7-14/h12-15H,3-11,16H2,1-2H3. The summed E-state index contributed by atoms with van der Waals surface area (Å²) in [6, 6.07) is 0.399. The van der Waals surface area contributed by atoms with E-state index < -0.39 is 0 Å². The molecule has 0 amide bonds. The van der Waals surface area contributed by atoms with Crippen molar-refractivity contribution in [3.05, 3.63) is 0 Å². The Morgan fingerprint density at radius 1 is 1.11 bits per heavy atom. The van der Waals surface area contributed by atoms with Crippen molar-refractivity contribution in [3.8, 4) is 0 Å². The van der Waals surface area contributed by atoms with Gasteiger partial charge in [0.2, 0.25) is 0 Å². The van der Waals surface area contributed by atoms with Gasteiger partial charge in [0.25, 0.3) is 0 Å². The molecule has 1 saturated carbocycles. The van der Waals surface area contributed by atoms with Crippen LogP contribution in [-0.2, 0) is 0 Å². The number of rotatable bonds is 4. The van der Waals surface area contributed by atoms with Gasteiger partial charge in [0.15, 0.2) is 0 Å². The largest absolute Gasteiger partial charge is 0.327 e. The Hall–Kier alpha value is 0.270. The van der Waals surface area contributed by atoms with Gasteiger partial charge >= 0.3 is 0 Å². The average Bonchev–Trinajstić information content (AvgIpc) is 2.28. The average molecular weight is 270 g/mol. The summed E-state index contributed by atoms with van der Waals surface area (Å²) in [5.74, 6) is 0.919. The normalized spacial score (nSPS) is 33.5. The van der Waals surface area contributed by atoms with Crippen LogP contribution in [0.2, 0.25) is 0 Å². The zero-order chi connectivity index (χ0) is 13.0. The van der Waals surface area contributed by atoms with E-state index in [1.54, 1.807) is 0 Å². The summed E-state index contributed by atoms with van der Waals surface area (Å²) in [6.45, 7) is 8.27. The lowest BCUT2D eigenvalue weighted by Gasteiger charge is -2.36. The Morgan fingerprint density at radius 2 is 1.72 bits per heavy atom. The summed E-state index contributed by atoms with van der Waals surface area (Å²) in [5.41, 5.74) is 6.38. The van der Waals surface area contributed by atoms with E-state index in [1.165, 1.54) is 51.6 Å². The van der Waals surface area contributed by atoms with Crippen molar-refractivity contribution in [1.29, 1.82) is 0 Å². The smallest absolute Gasteiger partial charge is 0.0170 e. The molecule has 0 radical (unpaired) electrons. The molecule has 2 aliphatic rings. The van der Waals surface area contributed by atoms with E-state index >= 15 is 0 Å². The van der Waals surface area contributed by atoms with Gasteiger partial charge in [-0.25, -0.2) is 0 Å². The first-order valence-corrected chi connectivity index (χ1v) is 8.71. The lowest BCUT2D eigenvalue weighted by Crippen LogP contribution is -2.46. The molecule has 1 heterocycles. The maximum atomic E-state index is 6.38. The second kappa shape index (κ2) is 7.16. The molecule has 0 aromatic rings. The second-order valence-electron chi connectivity index (χ2n) is 6.48. The van der Waals surface area contributed by atoms with Crippen LogP contribution in [0.15, 0.2) is 0 Å². The molecule has 1 saturated heterocycles. The molecule has 2 nitrogen and oxygen atoms in total. The van der Waals surface area contributed by atoms with Gasteiger partial charge in [-0.2, -0.15) is 11.8 Å². The van der Waals surface area contributed by atoms with E-state index in [0.29, 0.717) is 6.04 Å². The molecule has 106 valence electrons. The van der Waals surface area contributed by atoms with Crippen LogP contribution in [-0.4, -0.2) is 41.1 Å². The highest BCUT2D eigenvalue weighted by Crippen LogP contribution is 2.28. The number of hydrogen-bond acceptors (Lipinski definition) is 3. The highest BCUT2D eigenvalue weighted by molar-refractivity contribution is 8.00. The molecule has 2 fully saturated rings. The van der Waals surface area contributed by atoms with Gasteiger partial charge in [0.1, 0.15) is 0 Å². The SMILES string of the molecule is CC1CN(CC(N)CC2CCCCC2)CC(C)S1. The summed E-state index contributed by atoms with van der Waals surface area (Å²) < 4.78 is 0. The quantitative estimate of drug-likeness (QED) is 0.851. The van der Waals surface area contributed by atoms with Crippen molar-refractivity contribution in [3.63, 3.8) is 0 Å². The number of nitrogens with two attached hydrogens (primary N) is 1. The van der Waals surface area contributed by atoms with Gasteiger partial charge in [-0.05, 0) is 12.3 Å². The van der Waals surface area contributed by atoms with Crippen LogP contribution in [0, 0.1) is 5.92 Å². The van der Waals surface area contributed by atoms with E-state index in [0.717, 1.165) is 23.0 Å². The zero-order valence-corrected chi connectivity index (χ0v) is 12.9. The summed E-state index contributed by atoms with van der Waals surface area (Å²) >= 11 is 2.13. The second-order valence-corrected chi connectivity index (χ2v) is 8.36. The molecule has 0 bridgehead atoms. The molecule has 2 N–H and O–H groups in total. The summed E-state index contributed by atoms with van der Waals surface area (Å²) in [4.78, 5) is 2.60. The van der Waals surface area contributed by atoms with Crippen LogP contribution in [0.4, 0.5) is 0 Å². The van der Waals surface area contributed by atoms with Crippen LogP contribution >= 0.6 is 11.8 Å². The molecule has 3 heteroatoms. The van der Waals surface area contributed by atoms with Crippen molar-refractivity contribution in [2.75, 3.05) is 19.6 Å². The minimum atomic E-state index is 0.399. The van der Waals surface area contributed by atoms with Gasteiger partial charge in [-0.1, -0.05) is 46.0 Å². The lowest BCUT2D eigenvalue weighted by molar-refractivity contribution is 0.228. The molecule has 0 aromatic heterocycles. The van der Waals surface area contributed by atoms with Crippen LogP contribution in [0.25, 0.3) is 0 Å². The predicted octanol–water partition coefficient (Wildman–Crippen LogP) is 3.11. The first-order chi connectivity index (χ1) is 8.63. The Morgan fingerprint density at radius 3 is 2.33 bits per heavy atom. The van der Waals surface area contributed by atoms with Crippen molar-refractivity contribution in [1.82, 2.24) is 4.90 Å². The van der Waals surface area contributed by atoms with E-state index in [-0.39, 0.29) is 0 Å². The molecular weight excluding hydrogens is 240 g/mol. The van der Waals surface area contributed by atoms with Crippen LogP contribution in [0.1, 0.15) is 52.4 Å². The number of hydrogen-bond donors (Lipinski definition) is 1. The summed E-state index contributed by atoms with van der Waals surface area (Å²) in [5, 5.41) is 1.55. The molecule has 18 heavy (non-hydrogen) atoms. The van der Waals surface area contributed by atoms with E-state index in [1.807, 2.05) is 0 Å². The molecular formula is C15H30N2S. The van der Waals surface area contributed by atoms with E-state index in [9.17, 15) is 0 Å². The summed E-state index contributed by atoms with van der Waals surface area (Å²) in [7, 11) is 0. The van der Waals surface area contributed by atoms with Gasteiger partial charge in [-0.3, -0.25) is 4.90 Å². The van der Waals surface area contributed by atoms with E-state index in [4.69, 9.17) is 5.73 Å². The van der Waals surface area contributed by atoms with Crippen molar-refractivity contribution in [2.45, 2.75) is 68.9 Å². The first-order valence-electron chi connectivity index (χ1n) is 7.77. The summed E-state index contributed by atoms with van der Waals surface area (Å²) in [6.07, 6.45) is 8.43. The number of nitrogens with zero attached hydrogens (tertiary/aromatic N) is 1. The van der Waals surface area contributed by atoms with Crippen LogP contribution < -0.4 is 5.73 Å². The molecule has 3 unspecified atom stereocenters. The first kappa shape index (κ1) is 14.7. The van der Waals surface area contributed by atoms with Crippen LogP contribution in [0.5, 0.6) is 0 Å². The van der Waals surface area contributed by atoms with Gasteiger partial charge < -0.3 is 5.73 Å². The minimum absolute atomic E-state index is 0.399. The fourth-order valence-electron chi connectivity index (χ4n) is 3.69. The Balaban J connectivity index is 1.70. The predicted molar refractivity (Wildman–Crippen MR) is 82.1 cm³/mol. The zero-order valence-electron chi connectivity index (χ0n) is 12.1. The van der Waals surface area contributed by atoms with Gasteiger partial charge in [0, 0.05) is 36.2 Å². The Labute approximate surface area is 117 Å².